The molecule has 2 aromatic rings. The standard InChI is InChI=1S/C13H12NO/c1-3-5-10-7-8-12-13(14-9-15-12)11(10)6-4-2/h3-4,7-8H,1-2,5-6H2. The molecule has 0 aliphatic heterocycles. The maximum Gasteiger partial charge on any atom is 0.284 e. The Morgan fingerprint density at radius 2 is 2.07 bits per heavy atom. The second-order valence-electron chi connectivity index (χ2n) is 3.34. The summed E-state index contributed by atoms with van der Waals surface area (Å²) in [7, 11) is 0. The Bertz CT molecular complexity index is 496. The summed E-state index contributed by atoms with van der Waals surface area (Å²) in [6, 6.07) is 3.96. The van der Waals surface area contributed by atoms with Crippen molar-refractivity contribution in [1.82, 2.24) is 4.98 Å². The maximum atomic E-state index is 5.14. The van der Waals surface area contributed by atoms with Crippen LogP contribution in [0.2, 0.25) is 0 Å². The summed E-state index contributed by atoms with van der Waals surface area (Å²) in [5, 5.41) is 0. The van der Waals surface area contributed by atoms with E-state index in [1.165, 1.54) is 5.56 Å². The number of allylic oxidation sites excluding steroid dienone is 2. The van der Waals surface area contributed by atoms with Gasteiger partial charge in [-0.2, -0.15) is 0 Å². The van der Waals surface area contributed by atoms with E-state index in [2.05, 4.69) is 24.5 Å². The summed E-state index contributed by atoms with van der Waals surface area (Å²) in [6.45, 7) is 7.50. The predicted octanol–water partition coefficient (Wildman–Crippen LogP) is 3.08. The molecule has 0 saturated carbocycles. The van der Waals surface area contributed by atoms with E-state index in [9.17, 15) is 0 Å². The summed E-state index contributed by atoms with van der Waals surface area (Å²) in [4.78, 5) is 4.11. The lowest BCUT2D eigenvalue weighted by molar-refractivity contribution is 0.591. The molecule has 1 heterocycles. The van der Waals surface area contributed by atoms with Crippen molar-refractivity contribution in [3.8, 4) is 0 Å². The molecule has 1 aromatic heterocycles. The smallest absolute Gasteiger partial charge is 0.284 e. The number of hydrogen-bond acceptors (Lipinski definition) is 2. The zero-order valence-corrected chi connectivity index (χ0v) is 8.49. The Kier molecular flexibility index (Phi) is 2.68. The van der Waals surface area contributed by atoms with Gasteiger partial charge in [-0.1, -0.05) is 18.2 Å². The lowest BCUT2D eigenvalue weighted by Crippen LogP contribution is -1.93. The largest absolute Gasteiger partial charge is 0.432 e. The van der Waals surface area contributed by atoms with Crippen molar-refractivity contribution >= 4 is 11.1 Å². The van der Waals surface area contributed by atoms with Crippen molar-refractivity contribution in [2.75, 3.05) is 0 Å². The average molecular weight is 198 g/mol. The van der Waals surface area contributed by atoms with Crippen LogP contribution in [0.3, 0.4) is 0 Å². The molecule has 0 N–H and O–H groups in total. The second kappa shape index (κ2) is 4.13. The number of oxazole rings is 1. The number of fused-ring (bicyclic) bond motifs is 1. The van der Waals surface area contributed by atoms with Crippen LogP contribution in [0.1, 0.15) is 11.1 Å². The van der Waals surface area contributed by atoms with Crippen LogP contribution >= 0.6 is 0 Å². The predicted molar refractivity (Wildman–Crippen MR) is 60.6 cm³/mol. The number of aromatic nitrogens is 1. The van der Waals surface area contributed by atoms with Gasteiger partial charge in [-0.15, -0.1) is 13.2 Å². The van der Waals surface area contributed by atoms with Gasteiger partial charge in [0.25, 0.3) is 6.39 Å². The highest BCUT2D eigenvalue weighted by atomic mass is 16.3. The van der Waals surface area contributed by atoms with Gasteiger partial charge >= 0.3 is 0 Å². The van der Waals surface area contributed by atoms with E-state index in [1.807, 2.05) is 24.3 Å². The molecular weight excluding hydrogens is 186 g/mol. The molecule has 0 unspecified atom stereocenters. The summed E-state index contributed by atoms with van der Waals surface area (Å²) >= 11 is 0. The van der Waals surface area contributed by atoms with Gasteiger partial charge in [-0.3, -0.25) is 0 Å². The molecule has 2 rings (SSSR count). The van der Waals surface area contributed by atoms with Gasteiger partial charge < -0.3 is 4.42 Å². The van der Waals surface area contributed by atoms with Crippen LogP contribution in [0, 0.1) is 6.39 Å². The molecule has 1 aromatic carbocycles. The molecule has 1 radical (unpaired) electrons. The average Bonchev–Trinajstić information content (AvgIpc) is 2.70. The van der Waals surface area contributed by atoms with E-state index in [1.54, 1.807) is 0 Å². The molecule has 0 aliphatic carbocycles. The van der Waals surface area contributed by atoms with Crippen molar-refractivity contribution in [2.45, 2.75) is 12.8 Å². The number of nitrogens with zero attached hydrogens (tertiary/aromatic N) is 1. The van der Waals surface area contributed by atoms with E-state index in [0.717, 1.165) is 29.5 Å². The van der Waals surface area contributed by atoms with Gasteiger partial charge in [0, 0.05) is 0 Å². The molecule has 75 valence electrons. The summed E-state index contributed by atoms with van der Waals surface area (Å²) < 4.78 is 5.14. The van der Waals surface area contributed by atoms with E-state index < -0.39 is 0 Å². The van der Waals surface area contributed by atoms with Gasteiger partial charge in [-0.05, 0) is 30.0 Å². The Balaban J connectivity index is 2.62. The minimum atomic E-state index is 0.777. The summed E-state index contributed by atoms with van der Waals surface area (Å²) in [6.07, 6.45) is 7.91. The van der Waals surface area contributed by atoms with Gasteiger partial charge in [0.2, 0.25) is 0 Å². The first-order valence-corrected chi connectivity index (χ1v) is 4.86. The highest BCUT2D eigenvalue weighted by Crippen LogP contribution is 2.22. The highest BCUT2D eigenvalue weighted by molar-refractivity contribution is 5.78. The summed E-state index contributed by atoms with van der Waals surface area (Å²) in [5.41, 5.74) is 4.04. The third-order valence-corrected chi connectivity index (χ3v) is 2.37. The molecule has 0 atom stereocenters. The van der Waals surface area contributed by atoms with Crippen LogP contribution in [0.5, 0.6) is 0 Å². The molecule has 2 nitrogen and oxygen atoms in total. The van der Waals surface area contributed by atoms with Crippen molar-refractivity contribution < 1.29 is 4.42 Å². The van der Waals surface area contributed by atoms with Crippen LogP contribution < -0.4 is 0 Å². The van der Waals surface area contributed by atoms with E-state index >= 15 is 0 Å². The molecule has 0 bridgehead atoms. The van der Waals surface area contributed by atoms with Crippen LogP contribution in [0.25, 0.3) is 11.1 Å². The fraction of sp³-hybridized carbons (Fsp3) is 0.154. The third-order valence-electron chi connectivity index (χ3n) is 2.37. The van der Waals surface area contributed by atoms with Crippen LogP contribution in [0.15, 0.2) is 41.9 Å². The van der Waals surface area contributed by atoms with E-state index in [0.29, 0.717) is 0 Å². The number of hydrogen-bond donors (Lipinski definition) is 0. The molecule has 2 heteroatoms. The maximum absolute atomic E-state index is 5.14. The van der Waals surface area contributed by atoms with Crippen LogP contribution in [0.4, 0.5) is 0 Å². The monoisotopic (exact) mass is 198 g/mol. The van der Waals surface area contributed by atoms with Crippen LogP contribution in [-0.2, 0) is 12.8 Å². The Labute approximate surface area is 88.9 Å². The molecule has 15 heavy (non-hydrogen) atoms. The normalized spacial score (nSPS) is 10.4. The minimum Gasteiger partial charge on any atom is -0.432 e. The van der Waals surface area contributed by atoms with Gasteiger partial charge in [-0.25, -0.2) is 4.98 Å². The minimum absolute atomic E-state index is 0.777. The molecule has 0 aliphatic rings. The van der Waals surface area contributed by atoms with Gasteiger partial charge in [0.05, 0.1) is 0 Å². The Morgan fingerprint density at radius 1 is 1.27 bits per heavy atom. The van der Waals surface area contributed by atoms with E-state index in [4.69, 9.17) is 4.42 Å². The van der Waals surface area contributed by atoms with E-state index in [-0.39, 0.29) is 0 Å². The quantitative estimate of drug-likeness (QED) is 0.705. The summed E-state index contributed by atoms with van der Waals surface area (Å²) in [5.74, 6) is 0. The zero-order chi connectivity index (χ0) is 10.7. The zero-order valence-electron chi connectivity index (χ0n) is 8.49. The van der Waals surface area contributed by atoms with Crippen molar-refractivity contribution in [3.05, 3.63) is 55.0 Å². The molecule has 0 amide bonds. The van der Waals surface area contributed by atoms with Crippen molar-refractivity contribution in [3.63, 3.8) is 0 Å². The number of rotatable bonds is 4. The molecular formula is C13H12NO. The lowest BCUT2D eigenvalue weighted by atomic mass is 10.0. The fourth-order valence-corrected chi connectivity index (χ4v) is 1.70. The molecule has 0 saturated heterocycles. The van der Waals surface area contributed by atoms with Gasteiger partial charge in [0.1, 0.15) is 5.52 Å². The molecule has 0 spiro atoms. The first-order valence-electron chi connectivity index (χ1n) is 4.86. The highest BCUT2D eigenvalue weighted by Gasteiger charge is 2.08. The first-order chi connectivity index (χ1) is 7.36. The topological polar surface area (TPSA) is 26.0 Å². The second-order valence-corrected chi connectivity index (χ2v) is 3.34. The number of benzene rings is 1. The fourth-order valence-electron chi connectivity index (χ4n) is 1.70. The Hall–Kier alpha value is -1.83. The lowest BCUT2D eigenvalue weighted by Gasteiger charge is -2.05. The van der Waals surface area contributed by atoms with Crippen molar-refractivity contribution in [1.29, 1.82) is 0 Å². The van der Waals surface area contributed by atoms with Gasteiger partial charge in [0.15, 0.2) is 5.58 Å². The molecule has 0 fully saturated rings. The van der Waals surface area contributed by atoms with Crippen molar-refractivity contribution in [2.24, 2.45) is 0 Å². The Morgan fingerprint density at radius 3 is 2.80 bits per heavy atom. The first kappa shape index (κ1) is 9.71. The third kappa shape index (κ3) is 1.71. The van der Waals surface area contributed by atoms with Crippen LogP contribution in [-0.4, -0.2) is 4.98 Å². The SMILES string of the molecule is C=CCc1ccc2o[c]nc2c1CC=C.